The van der Waals surface area contributed by atoms with Gasteiger partial charge in [0.1, 0.15) is 0 Å². The van der Waals surface area contributed by atoms with Gasteiger partial charge >= 0.3 is 0 Å². The highest BCUT2D eigenvalue weighted by Crippen LogP contribution is 2.07. The lowest BCUT2D eigenvalue weighted by atomic mass is 10.2. The van der Waals surface area contributed by atoms with E-state index < -0.39 is 0 Å². The Morgan fingerprint density at radius 1 is 1.31 bits per heavy atom. The number of piperazine rings is 1. The van der Waals surface area contributed by atoms with E-state index in [1.807, 2.05) is 0 Å². The van der Waals surface area contributed by atoms with E-state index in [0.29, 0.717) is 0 Å². The Morgan fingerprint density at radius 2 is 2.00 bits per heavy atom. The van der Waals surface area contributed by atoms with Crippen LogP contribution in [0.4, 0.5) is 0 Å². The van der Waals surface area contributed by atoms with Gasteiger partial charge in [-0.05, 0) is 12.8 Å². The zero-order valence-corrected chi connectivity index (χ0v) is 8.68. The molecule has 0 aromatic rings. The van der Waals surface area contributed by atoms with Crippen molar-refractivity contribution in [3.8, 4) is 12.3 Å². The lowest BCUT2D eigenvalue weighted by Crippen LogP contribution is -2.56. The number of rotatable bonds is 4. The Labute approximate surface area is 81.9 Å². The SMILES string of the molecule is C#CCCCC[N+]1(C)CCNCC1. The molecule has 2 nitrogen and oxygen atoms in total. The van der Waals surface area contributed by atoms with Gasteiger partial charge in [0.05, 0.1) is 26.7 Å². The fraction of sp³-hybridized carbons (Fsp3) is 0.818. The third-order valence-corrected chi connectivity index (χ3v) is 2.93. The van der Waals surface area contributed by atoms with E-state index in [9.17, 15) is 0 Å². The molecule has 13 heavy (non-hydrogen) atoms. The Morgan fingerprint density at radius 3 is 2.62 bits per heavy atom. The molecule has 0 amide bonds. The normalized spacial score (nSPS) is 20.9. The molecule has 0 radical (unpaired) electrons. The number of quaternary nitrogens is 1. The van der Waals surface area contributed by atoms with Crippen molar-refractivity contribution in [2.24, 2.45) is 0 Å². The van der Waals surface area contributed by atoms with E-state index in [1.54, 1.807) is 0 Å². The first kappa shape index (κ1) is 10.6. The third kappa shape index (κ3) is 3.80. The van der Waals surface area contributed by atoms with Crippen molar-refractivity contribution < 1.29 is 4.48 Å². The van der Waals surface area contributed by atoms with Gasteiger partial charge in [0, 0.05) is 19.5 Å². The average molecular weight is 181 g/mol. The van der Waals surface area contributed by atoms with Gasteiger partial charge in [-0.2, -0.15) is 0 Å². The maximum absolute atomic E-state index is 5.22. The topological polar surface area (TPSA) is 12.0 Å². The minimum absolute atomic E-state index is 0.943. The molecular weight excluding hydrogens is 160 g/mol. The molecular formula is C11H21N2+. The van der Waals surface area contributed by atoms with Crippen molar-refractivity contribution in [1.82, 2.24) is 5.32 Å². The summed E-state index contributed by atoms with van der Waals surface area (Å²) in [7, 11) is 2.36. The number of hydrogen-bond donors (Lipinski definition) is 1. The second kappa shape index (κ2) is 5.26. The lowest BCUT2D eigenvalue weighted by Gasteiger charge is -2.38. The number of unbranched alkanes of at least 4 members (excludes halogenated alkanes) is 2. The quantitative estimate of drug-likeness (QED) is 0.385. The van der Waals surface area contributed by atoms with Crippen molar-refractivity contribution in [3.63, 3.8) is 0 Å². The summed E-state index contributed by atoms with van der Waals surface area (Å²) in [4.78, 5) is 0. The molecule has 1 aliphatic rings. The summed E-state index contributed by atoms with van der Waals surface area (Å²) >= 11 is 0. The second-order valence-corrected chi connectivity index (χ2v) is 4.20. The minimum atomic E-state index is 0.943. The lowest BCUT2D eigenvalue weighted by molar-refractivity contribution is -0.911. The molecule has 0 saturated carbocycles. The third-order valence-electron chi connectivity index (χ3n) is 2.93. The van der Waals surface area contributed by atoms with Crippen LogP contribution in [0.5, 0.6) is 0 Å². The summed E-state index contributed by atoms with van der Waals surface area (Å²) in [6.07, 6.45) is 8.63. The number of nitrogens with zero attached hydrogens (tertiary/aromatic N) is 1. The first-order valence-electron chi connectivity index (χ1n) is 5.25. The summed E-state index contributed by atoms with van der Waals surface area (Å²) < 4.78 is 1.23. The van der Waals surface area contributed by atoms with Crippen molar-refractivity contribution in [1.29, 1.82) is 0 Å². The van der Waals surface area contributed by atoms with Gasteiger partial charge in [-0.3, -0.25) is 0 Å². The van der Waals surface area contributed by atoms with Crippen LogP contribution in [-0.4, -0.2) is 44.3 Å². The van der Waals surface area contributed by atoms with E-state index in [-0.39, 0.29) is 0 Å². The van der Waals surface area contributed by atoms with Crippen LogP contribution in [0.15, 0.2) is 0 Å². The predicted molar refractivity (Wildman–Crippen MR) is 56.3 cm³/mol. The molecule has 1 N–H and O–H groups in total. The molecule has 1 heterocycles. The van der Waals surface area contributed by atoms with E-state index in [4.69, 9.17) is 6.42 Å². The van der Waals surface area contributed by atoms with Crippen LogP contribution >= 0.6 is 0 Å². The highest BCUT2D eigenvalue weighted by Gasteiger charge is 2.23. The molecule has 0 spiro atoms. The van der Waals surface area contributed by atoms with Gasteiger partial charge in [0.25, 0.3) is 0 Å². The Bertz CT molecular complexity index is 175. The molecule has 0 aromatic carbocycles. The maximum atomic E-state index is 5.22. The van der Waals surface area contributed by atoms with Gasteiger partial charge in [0.15, 0.2) is 0 Å². The van der Waals surface area contributed by atoms with Crippen LogP contribution in [0.2, 0.25) is 0 Å². The van der Waals surface area contributed by atoms with Gasteiger partial charge in [-0.15, -0.1) is 12.3 Å². The number of hydrogen-bond acceptors (Lipinski definition) is 1. The van der Waals surface area contributed by atoms with Crippen molar-refractivity contribution in [2.75, 3.05) is 39.8 Å². The molecule has 0 atom stereocenters. The fourth-order valence-corrected chi connectivity index (χ4v) is 1.88. The standard InChI is InChI=1S/C11H21N2/c1-3-4-5-6-9-13(2)10-7-12-8-11-13/h1,12H,4-11H2,2H3/q+1. The highest BCUT2D eigenvalue weighted by molar-refractivity contribution is 4.82. The van der Waals surface area contributed by atoms with Crippen LogP contribution in [0.3, 0.4) is 0 Å². The summed E-state index contributed by atoms with van der Waals surface area (Å²) in [6.45, 7) is 6.19. The molecule has 2 heteroatoms. The van der Waals surface area contributed by atoms with Crippen LogP contribution in [-0.2, 0) is 0 Å². The zero-order valence-electron chi connectivity index (χ0n) is 8.68. The Hall–Kier alpha value is -0.520. The smallest absolute Gasteiger partial charge is 0.0911 e. The largest absolute Gasteiger partial charge is 0.324 e. The predicted octanol–water partition coefficient (Wildman–Crippen LogP) is 0.840. The summed E-state index contributed by atoms with van der Waals surface area (Å²) in [5, 5.41) is 3.39. The number of likely N-dealkylation sites (N-methyl/N-ethyl adjacent to an activating group) is 1. The van der Waals surface area contributed by atoms with E-state index in [1.165, 1.54) is 50.0 Å². The van der Waals surface area contributed by atoms with Crippen LogP contribution < -0.4 is 5.32 Å². The maximum Gasteiger partial charge on any atom is 0.0911 e. The fourth-order valence-electron chi connectivity index (χ4n) is 1.88. The Balaban J connectivity index is 2.14. The van der Waals surface area contributed by atoms with E-state index in [0.717, 1.165) is 6.42 Å². The molecule has 0 bridgehead atoms. The van der Waals surface area contributed by atoms with Gasteiger partial charge in [-0.25, -0.2) is 0 Å². The van der Waals surface area contributed by atoms with Crippen molar-refractivity contribution >= 4 is 0 Å². The van der Waals surface area contributed by atoms with Crippen LogP contribution in [0, 0.1) is 12.3 Å². The summed E-state index contributed by atoms with van der Waals surface area (Å²) in [5.74, 6) is 2.70. The Kier molecular flexibility index (Phi) is 4.27. The highest BCUT2D eigenvalue weighted by atomic mass is 15.4. The average Bonchev–Trinajstić information content (AvgIpc) is 2.14. The number of terminal acetylenes is 1. The first-order chi connectivity index (χ1) is 6.27. The van der Waals surface area contributed by atoms with Gasteiger partial charge in [-0.1, -0.05) is 0 Å². The van der Waals surface area contributed by atoms with Crippen LogP contribution in [0.25, 0.3) is 0 Å². The molecule has 0 aliphatic carbocycles. The molecule has 1 fully saturated rings. The molecule has 1 saturated heterocycles. The van der Waals surface area contributed by atoms with E-state index >= 15 is 0 Å². The molecule has 0 unspecified atom stereocenters. The second-order valence-electron chi connectivity index (χ2n) is 4.20. The minimum Gasteiger partial charge on any atom is -0.324 e. The number of nitrogens with one attached hydrogen (secondary N) is 1. The van der Waals surface area contributed by atoms with Crippen molar-refractivity contribution in [3.05, 3.63) is 0 Å². The molecule has 74 valence electrons. The molecule has 0 aromatic heterocycles. The first-order valence-corrected chi connectivity index (χ1v) is 5.25. The van der Waals surface area contributed by atoms with E-state index in [2.05, 4.69) is 18.3 Å². The van der Waals surface area contributed by atoms with Gasteiger partial charge < -0.3 is 9.80 Å². The van der Waals surface area contributed by atoms with Gasteiger partial charge in [0.2, 0.25) is 0 Å². The summed E-state index contributed by atoms with van der Waals surface area (Å²) in [6, 6.07) is 0. The molecule has 1 aliphatic heterocycles. The summed E-state index contributed by atoms with van der Waals surface area (Å²) in [5.41, 5.74) is 0. The van der Waals surface area contributed by atoms with Crippen LogP contribution in [0.1, 0.15) is 19.3 Å². The monoisotopic (exact) mass is 181 g/mol. The zero-order chi connectivity index (χ0) is 9.57. The molecule has 1 rings (SSSR count). The van der Waals surface area contributed by atoms with Crippen molar-refractivity contribution in [2.45, 2.75) is 19.3 Å².